The van der Waals surface area contributed by atoms with E-state index in [1.54, 1.807) is 32.9 Å². The van der Waals surface area contributed by atoms with Crippen LogP contribution in [-0.2, 0) is 9.47 Å². The average Bonchev–Trinajstić information content (AvgIpc) is 2.97. The first kappa shape index (κ1) is 12.8. The molecule has 5 heteroatoms. The fourth-order valence-electron chi connectivity index (χ4n) is 1.52. The van der Waals surface area contributed by atoms with Crippen LogP contribution in [0.15, 0.2) is 18.2 Å². The number of ether oxygens (including phenoxy) is 2. The molecule has 1 aliphatic heterocycles. The highest BCUT2D eigenvalue weighted by atomic mass is 19.1. The Hall–Kier alpha value is -1.62. The summed E-state index contributed by atoms with van der Waals surface area (Å²) in [4.78, 5) is 11.5. The van der Waals surface area contributed by atoms with Gasteiger partial charge in [-0.05, 0) is 32.9 Å². The van der Waals surface area contributed by atoms with Gasteiger partial charge in [0.2, 0.25) is 0 Å². The molecule has 0 radical (unpaired) electrons. The average molecular weight is 253 g/mol. The molecule has 1 N–H and O–H groups in total. The molecule has 1 saturated heterocycles. The summed E-state index contributed by atoms with van der Waals surface area (Å²) in [5.41, 5.74) is 0.306. The lowest BCUT2D eigenvalue weighted by molar-refractivity contribution is 0.0636. The van der Waals surface area contributed by atoms with Crippen LogP contribution in [0.25, 0.3) is 0 Å². The number of amides is 1. The van der Waals surface area contributed by atoms with E-state index in [4.69, 9.17) is 9.47 Å². The van der Waals surface area contributed by atoms with Gasteiger partial charge in [0.25, 0.3) is 0 Å². The summed E-state index contributed by atoms with van der Waals surface area (Å²) in [6.45, 7) is 5.85. The molecule has 1 aromatic carbocycles. The molecule has 1 heterocycles. The van der Waals surface area contributed by atoms with E-state index >= 15 is 0 Å². The molecular weight excluding hydrogens is 237 g/mol. The maximum atomic E-state index is 13.7. The smallest absolute Gasteiger partial charge is 0.412 e. The van der Waals surface area contributed by atoms with E-state index in [1.807, 2.05) is 0 Å². The maximum Gasteiger partial charge on any atom is 0.412 e. The molecule has 0 aliphatic carbocycles. The van der Waals surface area contributed by atoms with Crippen molar-refractivity contribution in [2.75, 3.05) is 11.9 Å². The molecule has 1 aliphatic rings. The number of rotatable bonds is 2. The van der Waals surface area contributed by atoms with Crippen molar-refractivity contribution in [3.05, 3.63) is 29.6 Å². The molecule has 1 fully saturated rings. The van der Waals surface area contributed by atoms with Crippen LogP contribution in [0.4, 0.5) is 14.9 Å². The summed E-state index contributed by atoms with van der Waals surface area (Å²) in [5.74, 6) is -0.383. The molecule has 18 heavy (non-hydrogen) atoms. The van der Waals surface area contributed by atoms with E-state index in [9.17, 15) is 9.18 Å². The minimum Gasteiger partial charge on any atom is -0.444 e. The van der Waals surface area contributed by atoms with E-state index in [0.717, 1.165) is 0 Å². The van der Waals surface area contributed by atoms with Gasteiger partial charge in [0, 0.05) is 11.3 Å². The second-order valence-corrected chi connectivity index (χ2v) is 5.19. The second-order valence-electron chi connectivity index (χ2n) is 5.19. The summed E-state index contributed by atoms with van der Waals surface area (Å²) in [5, 5.41) is 2.48. The molecule has 0 aromatic heterocycles. The van der Waals surface area contributed by atoms with E-state index < -0.39 is 11.7 Å². The van der Waals surface area contributed by atoms with Crippen molar-refractivity contribution in [3.63, 3.8) is 0 Å². The van der Waals surface area contributed by atoms with E-state index in [0.29, 0.717) is 17.9 Å². The first-order valence-corrected chi connectivity index (χ1v) is 5.76. The van der Waals surface area contributed by atoms with Crippen LogP contribution in [0.1, 0.15) is 32.4 Å². The molecule has 1 aromatic rings. The lowest BCUT2D eigenvalue weighted by Gasteiger charge is -2.19. The summed E-state index contributed by atoms with van der Waals surface area (Å²) in [7, 11) is 0. The Morgan fingerprint density at radius 2 is 2.17 bits per heavy atom. The fourth-order valence-corrected chi connectivity index (χ4v) is 1.52. The largest absolute Gasteiger partial charge is 0.444 e. The SMILES string of the molecule is CC(C)(C)OC(=O)Nc1ccc([C@@H]2CO2)c(F)c1. The number of anilines is 1. The topological polar surface area (TPSA) is 50.9 Å². The molecule has 0 unspecified atom stereocenters. The normalized spacial score (nSPS) is 18.3. The highest BCUT2D eigenvalue weighted by Gasteiger charge is 2.28. The Morgan fingerprint density at radius 3 is 2.67 bits per heavy atom. The predicted octanol–water partition coefficient (Wildman–Crippen LogP) is 3.24. The van der Waals surface area contributed by atoms with E-state index in [-0.39, 0.29) is 11.9 Å². The highest BCUT2D eigenvalue weighted by Crippen LogP contribution is 2.32. The summed E-state index contributed by atoms with van der Waals surface area (Å²) in [6, 6.07) is 4.50. The number of carbonyl (C=O) groups is 1. The first-order valence-electron chi connectivity index (χ1n) is 5.76. The zero-order chi connectivity index (χ0) is 13.3. The Morgan fingerprint density at radius 1 is 1.50 bits per heavy atom. The minimum atomic E-state index is -0.600. The lowest BCUT2D eigenvalue weighted by atomic mass is 10.1. The second kappa shape index (κ2) is 4.57. The molecular formula is C13H16FNO3. The van der Waals surface area contributed by atoms with Crippen molar-refractivity contribution in [1.82, 2.24) is 0 Å². The standard InChI is InChI=1S/C13H16FNO3/c1-13(2,3)18-12(16)15-8-4-5-9(10(14)6-8)11-7-17-11/h4-6,11H,7H2,1-3H3,(H,15,16)/t11-/m0/s1. The van der Waals surface area contributed by atoms with Gasteiger partial charge in [-0.1, -0.05) is 6.07 Å². The van der Waals surface area contributed by atoms with Crippen LogP contribution in [0.5, 0.6) is 0 Å². The zero-order valence-electron chi connectivity index (χ0n) is 10.6. The van der Waals surface area contributed by atoms with Crippen LogP contribution >= 0.6 is 0 Å². The number of carbonyl (C=O) groups excluding carboxylic acids is 1. The van der Waals surface area contributed by atoms with Crippen LogP contribution in [0.3, 0.4) is 0 Å². The Balaban J connectivity index is 2.01. The molecule has 0 saturated carbocycles. The highest BCUT2D eigenvalue weighted by molar-refractivity contribution is 5.84. The fraction of sp³-hybridized carbons (Fsp3) is 0.462. The van der Waals surface area contributed by atoms with Gasteiger partial charge in [0.1, 0.15) is 17.5 Å². The number of hydrogen-bond donors (Lipinski definition) is 1. The minimum absolute atomic E-state index is 0.138. The maximum absolute atomic E-state index is 13.7. The molecule has 0 spiro atoms. The quantitative estimate of drug-likeness (QED) is 0.823. The summed E-state index contributed by atoms with van der Waals surface area (Å²) >= 11 is 0. The molecule has 0 bridgehead atoms. The van der Waals surface area contributed by atoms with Gasteiger partial charge < -0.3 is 9.47 Å². The van der Waals surface area contributed by atoms with Crippen LogP contribution < -0.4 is 5.32 Å². The third-order valence-electron chi connectivity index (χ3n) is 2.33. The molecule has 4 nitrogen and oxygen atoms in total. The van der Waals surface area contributed by atoms with Crippen LogP contribution in [0.2, 0.25) is 0 Å². The number of benzene rings is 1. The van der Waals surface area contributed by atoms with Crippen molar-refractivity contribution in [3.8, 4) is 0 Å². The predicted molar refractivity (Wildman–Crippen MR) is 64.9 cm³/mol. The third kappa shape index (κ3) is 3.43. The third-order valence-corrected chi connectivity index (χ3v) is 2.33. The molecule has 2 rings (SSSR count). The van der Waals surface area contributed by atoms with Crippen molar-refractivity contribution >= 4 is 11.8 Å². The molecule has 1 atom stereocenters. The van der Waals surface area contributed by atoms with Gasteiger partial charge in [-0.25, -0.2) is 9.18 Å². The lowest BCUT2D eigenvalue weighted by Crippen LogP contribution is -2.27. The van der Waals surface area contributed by atoms with Crippen LogP contribution in [0, 0.1) is 5.82 Å². The van der Waals surface area contributed by atoms with E-state index in [1.165, 1.54) is 6.07 Å². The Bertz CT molecular complexity index is 464. The number of epoxide rings is 1. The molecule has 1 amide bonds. The van der Waals surface area contributed by atoms with Crippen LogP contribution in [-0.4, -0.2) is 18.3 Å². The number of hydrogen-bond acceptors (Lipinski definition) is 3. The molecule has 98 valence electrons. The van der Waals surface area contributed by atoms with Gasteiger partial charge in [-0.3, -0.25) is 5.32 Å². The zero-order valence-corrected chi connectivity index (χ0v) is 10.6. The van der Waals surface area contributed by atoms with Gasteiger partial charge in [0.05, 0.1) is 6.61 Å². The van der Waals surface area contributed by atoms with Crippen molar-refractivity contribution in [2.24, 2.45) is 0 Å². The van der Waals surface area contributed by atoms with Crippen molar-refractivity contribution in [1.29, 1.82) is 0 Å². The number of halogens is 1. The summed E-state index contributed by atoms with van der Waals surface area (Å²) < 4.78 is 23.7. The van der Waals surface area contributed by atoms with Gasteiger partial charge >= 0.3 is 6.09 Å². The summed E-state index contributed by atoms with van der Waals surface area (Å²) in [6.07, 6.45) is -0.738. The van der Waals surface area contributed by atoms with Gasteiger partial charge in [-0.15, -0.1) is 0 Å². The van der Waals surface area contributed by atoms with Gasteiger partial charge in [0.15, 0.2) is 0 Å². The number of nitrogens with one attached hydrogen (secondary N) is 1. The van der Waals surface area contributed by atoms with Gasteiger partial charge in [-0.2, -0.15) is 0 Å². The van der Waals surface area contributed by atoms with E-state index in [2.05, 4.69) is 5.32 Å². The Labute approximate surface area is 105 Å². The monoisotopic (exact) mass is 253 g/mol. The van der Waals surface area contributed by atoms with Crippen molar-refractivity contribution < 1.29 is 18.7 Å². The Kier molecular flexibility index (Phi) is 3.26. The van der Waals surface area contributed by atoms with Crippen molar-refractivity contribution in [2.45, 2.75) is 32.5 Å². The first-order chi connectivity index (χ1) is 8.35.